The van der Waals surface area contributed by atoms with Crippen molar-refractivity contribution < 1.29 is 14.3 Å². The molecule has 1 heterocycles. The minimum atomic E-state index is -0.381. The Balaban J connectivity index is 1.50. The molecule has 1 aromatic heterocycles. The van der Waals surface area contributed by atoms with Crippen LogP contribution in [0.15, 0.2) is 66.9 Å². The van der Waals surface area contributed by atoms with Crippen LogP contribution in [0.3, 0.4) is 0 Å². The van der Waals surface area contributed by atoms with Gasteiger partial charge in [0.1, 0.15) is 11.5 Å². The van der Waals surface area contributed by atoms with Crippen LogP contribution in [0.5, 0.6) is 11.5 Å². The average Bonchev–Trinajstić information content (AvgIpc) is 2.85. The highest BCUT2D eigenvalue weighted by Gasteiger charge is 2.10. The number of nitrogens with zero attached hydrogens (tertiary/aromatic N) is 1. The standard InChI is InChI=1S/C29H35NO3/c1-3-5-7-9-21-32-26-16-18-27(19-17-26)33-29(31)25-14-12-24(13-15-25)28-20-11-23(22-30-28)10-8-6-4-2/h11-20,22H,3-10,21H2,1-2H3. The summed E-state index contributed by atoms with van der Waals surface area (Å²) in [5.74, 6) is 0.913. The highest BCUT2D eigenvalue weighted by atomic mass is 16.5. The van der Waals surface area contributed by atoms with Crippen LogP contribution in [0.2, 0.25) is 0 Å². The van der Waals surface area contributed by atoms with Crippen molar-refractivity contribution in [3.05, 3.63) is 78.0 Å². The number of carbonyl (C=O) groups excluding carboxylic acids is 1. The Hall–Kier alpha value is -3.14. The van der Waals surface area contributed by atoms with Crippen LogP contribution in [0, 0.1) is 0 Å². The molecule has 0 atom stereocenters. The fourth-order valence-electron chi connectivity index (χ4n) is 3.59. The van der Waals surface area contributed by atoms with Crippen LogP contribution in [0.4, 0.5) is 0 Å². The van der Waals surface area contributed by atoms with E-state index in [0.29, 0.717) is 17.9 Å². The second kappa shape index (κ2) is 13.4. The van der Waals surface area contributed by atoms with Crippen molar-refractivity contribution in [2.75, 3.05) is 6.61 Å². The third-order valence-corrected chi connectivity index (χ3v) is 5.61. The lowest BCUT2D eigenvalue weighted by atomic mass is 10.1. The molecule has 0 bridgehead atoms. The van der Waals surface area contributed by atoms with Crippen molar-refractivity contribution in [3.63, 3.8) is 0 Å². The van der Waals surface area contributed by atoms with Crippen LogP contribution < -0.4 is 9.47 Å². The van der Waals surface area contributed by atoms with E-state index in [9.17, 15) is 4.79 Å². The molecule has 0 aliphatic carbocycles. The van der Waals surface area contributed by atoms with Gasteiger partial charge in [-0.3, -0.25) is 4.98 Å². The summed E-state index contributed by atoms with van der Waals surface area (Å²) in [7, 11) is 0. The Labute approximate surface area is 198 Å². The second-order valence-electron chi connectivity index (χ2n) is 8.36. The van der Waals surface area contributed by atoms with Gasteiger partial charge in [0.05, 0.1) is 17.9 Å². The minimum Gasteiger partial charge on any atom is -0.494 e. The molecule has 174 valence electrons. The van der Waals surface area contributed by atoms with Crippen molar-refractivity contribution in [2.45, 2.75) is 65.2 Å². The number of benzene rings is 2. The number of aryl methyl sites for hydroxylation is 1. The van der Waals surface area contributed by atoms with E-state index in [4.69, 9.17) is 9.47 Å². The van der Waals surface area contributed by atoms with Crippen LogP contribution in [0.1, 0.15) is 74.7 Å². The lowest BCUT2D eigenvalue weighted by Gasteiger charge is -2.08. The molecule has 0 fully saturated rings. The first-order valence-electron chi connectivity index (χ1n) is 12.2. The molecule has 0 N–H and O–H groups in total. The van der Waals surface area contributed by atoms with Gasteiger partial charge >= 0.3 is 5.97 Å². The average molecular weight is 446 g/mol. The number of esters is 1. The van der Waals surface area contributed by atoms with Gasteiger partial charge in [-0.05, 0) is 67.3 Å². The van der Waals surface area contributed by atoms with Crippen molar-refractivity contribution in [3.8, 4) is 22.8 Å². The molecule has 33 heavy (non-hydrogen) atoms. The van der Waals surface area contributed by atoms with Gasteiger partial charge in [0.2, 0.25) is 0 Å². The molecule has 0 aliphatic rings. The van der Waals surface area contributed by atoms with E-state index < -0.39 is 0 Å². The second-order valence-corrected chi connectivity index (χ2v) is 8.36. The number of carbonyl (C=O) groups is 1. The first-order chi connectivity index (χ1) is 16.2. The van der Waals surface area contributed by atoms with Crippen LogP contribution >= 0.6 is 0 Å². The molecule has 4 heteroatoms. The Morgan fingerprint density at radius 2 is 1.45 bits per heavy atom. The Morgan fingerprint density at radius 3 is 2.12 bits per heavy atom. The summed E-state index contributed by atoms with van der Waals surface area (Å²) in [6.07, 6.45) is 11.4. The molecule has 0 amide bonds. The summed E-state index contributed by atoms with van der Waals surface area (Å²) < 4.78 is 11.2. The zero-order chi connectivity index (χ0) is 23.3. The zero-order valence-corrected chi connectivity index (χ0v) is 19.9. The summed E-state index contributed by atoms with van der Waals surface area (Å²) in [6, 6.07) is 18.8. The van der Waals surface area contributed by atoms with Gasteiger partial charge in [0, 0.05) is 11.8 Å². The quantitative estimate of drug-likeness (QED) is 0.154. The summed E-state index contributed by atoms with van der Waals surface area (Å²) in [6.45, 7) is 5.12. The number of hydrogen-bond donors (Lipinski definition) is 0. The fourth-order valence-corrected chi connectivity index (χ4v) is 3.59. The third kappa shape index (κ3) is 8.05. The molecule has 3 aromatic rings. The number of ether oxygens (including phenoxy) is 2. The van der Waals surface area contributed by atoms with Gasteiger partial charge in [-0.1, -0.05) is 64.2 Å². The zero-order valence-electron chi connectivity index (χ0n) is 19.9. The highest BCUT2D eigenvalue weighted by Crippen LogP contribution is 2.21. The van der Waals surface area contributed by atoms with Gasteiger partial charge in [0.15, 0.2) is 0 Å². The Kier molecular flexibility index (Phi) is 9.96. The van der Waals surface area contributed by atoms with Gasteiger partial charge in [-0.25, -0.2) is 4.79 Å². The molecular formula is C29H35NO3. The lowest BCUT2D eigenvalue weighted by molar-refractivity contribution is 0.0734. The maximum absolute atomic E-state index is 12.5. The van der Waals surface area contributed by atoms with Gasteiger partial charge < -0.3 is 9.47 Å². The molecule has 3 rings (SSSR count). The van der Waals surface area contributed by atoms with Gasteiger partial charge in [0.25, 0.3) is 0 Å². The summed E-state index contributed by atoms with van der Waals surface area (Å²) in [4.78, 5) is 17.1. The highest BCUT2D eigenvalue weighted by molar-refractivity contribution is 5.91. The fraction of sp³-hybridized carbons (Fsp3) is 0.379. The van der Waals surface area contributed by atoms with E-state index in [1.54, 1.807) is 24.3 Å². The summed E-state index contributed by atoms with van der Waals surface area (Å²) in [5, 5.41) is 0. The van der Waals surface area contributed by atoms with Gasteiger partial charge in [-0.2, -0.15) is 0 Å². The van der Waals surface area contributed by atoms with Crippen molar-refractivity contribution in [2.24, 2.45) is 0 Å². The molecule has 2 aromatic carbocycles. The maximum Gasteiger partial charge on any atom is 0.343 e. The van der Waals surface area contributed by atoms with E-state index >= 15 is 0 Å². The molecular weight excluding hydrogens is 410 g/mol. The summed E-state index contributed by atoms with van der Waals surface area (Å²) in [5.41, 5.74) is 3.65. The smallest absolute Gasteiger partial charge is 0.343 e. The maximum atomic E-state index is 12.5. The van der Waals surface area contributed by atoms with E-state index in [-0.39, 0.29) is 5.97 Å². The van der Waals surface area contributed by atoms with Crippen LogP contribution in [-0.2, 0) is 6.42 Å². The predicted octanol–water partition coefficient (Wildman–Crippen LogP) is 7.66. The van der Waals surface area contributed by atoms with E-state index in [2.05, 4.69) is 24.9 Å². The monoisotopic (exact) mass is 445 g/mol. The summed E-state index contributed by atoms with van der Waals surface area (Å²) >= 11 is 0. The molecule has 0 saturated heterocycles. The molecule has 0 saturated carbocycles. The van der Waals surface area contributed by atoms with Crippen LogP contribution in [-0.4, -0.2) is 17.6 Å². The molecule has 0 spiro atoms. The topological polar surface area (TPSA) is 48.4 Å². The molecule has 0 unspecified atom stereocenters. The minimum absolute atomic E-state index is 0.381. The number of rotatable bonds is 13. The van der Waals surface area contributed by atoms with Crippen LogP contribution in [0.25, 0.3) is 11.3 Å². The van der Waals surface area contributed by atoms with Crippen molar-refractivity contribution in [1.29, 1.82) is 0 Å². The Bertz CT molecular complexity index is 963. The number of hydrogen-bond acceptors (Lipinski definition) is 4. The molecule has 4 nitrogen and oxygen atoms in total. The first kappa shape index (κ1) is 24.5. The van der Waals surface area contributed by atoms with E-state index in [1.807, 2.05) is 36.5 Å². The van der Waals surface area contributed by atoms with E-state index in [1.165, 1.54) is 44.1 Å². The van der Waals surface area contributed by atoms with Gasteiger partial charge in [-0.15, -0.1) is 0 Å². The lowest BCUT2D eigenvalue weighted by Crippen LogP contribution is -2.08. The molecule has 0 radical (unpaired) electrons. The SMILES string of the molecule is CCCCCCOc1ccc(OC(=O)c2ccc(-c3ccc(CCCCC)cn3)cc2)cc1. The van der Waals surface area contributed by atoms with E-state index in [0.717, 1.165) is 29.8 Å². The van der Waals surface area contributed by atoms with Crippen molar-refractivity contribution >= 4 is 5.97 Å². The first-order valence-corrected chi connectivity index (χ1v) is 12.2. The predicted molar refractivity (Wildman–Crippen MR) is 134 cm³/mol. The number of pyridine rings is 1. The number of unbranched alkanes of at least 4 members (excludes halogenated alkanes) is 5. The number of aromatic nitrogens is 1. The normalized spacial score (nSPS) is 10.7. The molecule has 0 aliphatic heterocycles. The largest absolute Gasteiger partial charge is 0.494 e. The Morgan fingerprint density at radius 1 is 0.758 bits per heavy atom. The third-order valence-electron chi connectivity index (χ3n) is 5.61. The van der Waals surface area contributed by atoms with Crippen molar-refractivity contribution in [1.82, 2.24) is 4.98 Å².